The van der Waals surface area contributed by atoms with Crippen molar-refractivity contribution < 1.29 is 9.47 Å². The second-order valence-electron chi connectivity index (χ2n) is 7.39. The molecule has 0 radical (unpaired) electrons. The Kier molecular flexibility index (Phi) is 5.43. The van der Waals surface area contributed by atoms with Crippen LogP contribution in [-0.2, 0) is 16.0 Å². The first-order chi connectivity index (χ1) is 14.8. The second kappa shape index (κ2) is 8.50. The molecule has 0 amide bonds. The number of thiophene rings is 1. The van der Waals surface area contributed by atoms with Crippen LogP contribution in [0.1, 0.15) is 11.1 Å². The zero-order chi connectivity index (χ0) is 20.3. The Labute approximate surface area is 178 Å². The van der Waals surface area contributed by atoms with E-state index >= 15 is 0 Å². The highest BCUT2D eigenvalue weighted by atomic mass is 32.1. The Morgan fingerprint density at radius 2 is 1.97 bits per heavy atom. The van der Waals surface area contributed by atoms with E-state index in [-0.39, 0.29) is 24.3 Å². The van der Waals surface area contributed by atoms with E-state index in [1.54, 1.807) is 17.5 Å². The van der Waals surface area contributed by atoms with Crippen LogP contribution >= 0.6 is 11.3 Å². The highest BCUT2D eigenvalue weighted by molar-refractivity contribution is 7.13. The van der Waals surface area contributed by atoms with Gasteiger partial charge in [0, 0.05) is 12.7 Å². The molecule has 152 valence electrons. The first-order valence-electron chi connectivity index (χ1n) is 9.89. The lowest BCUT2D eigenvalue weighted by Crippen LogP contribution is -2.41. The SMILES string of the molecule is N#Cc1cccc(CN[C@@H]2CO[C@@H]3[C@@H]2OC[C@@H]3Nc2nccc(-c3cccs3)n2)c1. The van der Waals surface area contributed by atoms with Crippen molar-refractivity contribution in [1.29, 1.82) is 5.26 Å². The zero-order valence-corrected chi connectivity index (χ0v) is 17.0. The summed E-state index contributed by atoms with van der Waals surface area (Å²) in [5.41, 5.74) is 2.65. The predicted molar refractivity (Wildman–Crippen MR) is 114 cm³/mol. The van der Waals surface area contributed by atoms with Crippen molar-refractivity contribution in [3.8, 4) is 16.6 Å². The molecule has 0 spiro atoms. The molecule has 3 aromatic rings. The lowest BCUT2D eigenvalue weighted by Gasteiger charge is -2.18. The van der Waals surface area contributed by atoms with Crippen molar-refractivity contribution in [2.45, 2.75) is 30.8 Å². The van der Waals surface area contributed by atoms with Gasteiger partial charge in [0.05, 0.1) is 47.5 Å². The summed E-state index contributed by atoms with van der Waals surface area (Å²) in [5, 5.41) is 18.0. The Hall–Kier alpha value is -2.83. The summed E-state index contributed by atoms with van der Waals surface area (Å²) >= 11 is 1.66. The summed E-state index contributed by atoms with van der Waals surface area (Å²) in [6, 6.07) is 15.9. The molecule has 2 saturated heterocycles. The summed E-state index contributed by atoms with van der Waals surface area (Å²) in [4.78, 5) is 10.1. The van der Waals surface area contributed by atoms with Gasteiger partial charge in [-0.05, 0) is 35.2 Å². The molecule has 0 aliphatic carbocycles. The van der Waals surface area contributed by atoms with Crippen molar-refractivity contribution >= 4 is 17.3 Å². The van der Waals surface area contributed by atoms with Crippen LogP contribution in [0.3, 0.4) is 0 Å². The van der Waals surface area contributed by atoms with Crippen LogP contribution in [0, 0.1) is 11.3 Å². The number of nitrogens with one attached hydrogen (secondary N) is 2. The number of hydrogen-bond donors (Lipinski definition) is 2. The Morgan fingerprint density at radius 1 is 1.10 bits per heavy atom. The molecule has 4 heterocycles. The molecule has 4 atom stereocenters. The van der Waals surface area contributed by atoms with Gasteiger partial charge in [-0.1, -0.05) is 18.2 Å². The number of anilines is 1. The third-order valence-electron chi connectivity index (χ3n) is 5.42. The van der Waals surface area contributed by atoms with Gasteiger partial charge < -0.3 is 20.1 Å². The van der Waals surface area contributed by atoms with Crippen molar-refractivity contribution in [2.75, 3.05) is 18.5 Å². The van der Waals surface area contributed by atoms with Gasteiger partial charge in [-0.3, -0.25) is 0 Å². The van der Waals surface area contributed by atoms with Crippen LogP contribution < -0.4 is 10.6 Å². The van der Waals surface area contributed by atoms with Crippen molar-refractivity contribution in [3.05, 3.63) is 65.2 Å². The van der Waals surface area contributed by atoms with Gasteiger partial charge in [0.2, 0.25) is 5.95 Å². The average Bonchev–Trinajstić information content (AvgIpc) is 3.53. The number of benzene rings is 1. The van der Waals surface area contributed by atoms with Gasteiger partial charge in [-0.2, -0.15) is 5.26 Å². The number of nitriles is 1. The lowest BCUT2D eigenvalue weighted by atomic mass is 10.1. The van der Waals surface area contributed by atoms with E-state index in [2.05, 4.69) is 26.7 Å². The maximum absolute atomic E-state index is 9.06. The number of fused-ring (bicyclic) bond motifs is 1. The number of nitrogens with zero attached hydrogens (tertiary/aromatic N) is 3. The van der Waals surface area contributed by atoms with Gasteiger partial charge in [0.25, 0.3) is 0 Å². The maximum Gasteiger partial charge on any atom is 0.223 e. The van der Waals surface area contributed by atoms with E-state index in [0.29, 0.717) is 31.3 Å². The van der Waals surface area contributed by atoms with Crippen LogP contribution in [-0.4, -0.2) is 47.5 Å². The molecule has 2 fully saturated rings. The van der Waals surface area contributed by atoms with Crippen LogP contribution in [0.4, 0.5) is 5.95 Å². The fourth-order valence-corrected chi connectivity index (χ4v) is 4.65. The molecule has 2 aromatic heterocycles. The third-order valence-corrected chi connectivity index (χ3v) is 6.31. The molecule has 2 aliphatic heterocycles. The summed E-state index contributed by atoms with van der Waals surface area (Å²) in [6.45, 7) is 1.80. The number of rotatable bonds is 6. The van der Waals surface area contributed by atoms with Gasteiger partial charge in [-0.15, -0.1) is 11.3 Å². The molecular weight excluding hydrogens is 398 g/mol. The Bertz CT molecular complexity index is 1050. The molecule has 0 saturated carbocycles. The normalized spacial score (nSPS) is 25.0. The van der Waals surface area contributed by atoms with E-state index < -0.39 is 0 Å². The summed E-state index contributed by atoms with van der Waals surface area (Å²) in [6.07, 6.45) is 1.69. The molecule has 0 unspecified atom stereocenters. The molecule has 8 heteroatoms. The Morgan fingerprint density at radius 3 is 2.80 bits per heavy atom. The number of hydrogen-bond acceptors (Lipinski definition) is 8. The Balaban J connectivity index is 1.21. The maximum atomic E-state index is 9.06. The molecule has 7 nitrogen and oxygen atoms in total. The van der Waals surface area contributed by atoms with E-state index in [9.17, 15) is 0 Å². The van der Waals surface area contributed by atoms with Gasteiger partial charge in [-0.25, -0.2) is 9.97 Å². The minimum absolute atomic E-state index is 0.00213. The smallest absolute Gasteiger partial charge is 0.223 e. The molecule has 0 bridgehead atoms. The van der Waals surface area contributed by atoms with Gasteiger partial charge >= 0.3 is 0 Å². The van der Waals surface area contributed by atoms with Crippen LogP contribution in [0.2, 0.25) is 0 Å². The molecule has 30 heavy (non-hydrogen) atoms. The predicted octanol–water partition coefficient (Wildman–Crippen LogP) is 2.81. The summed E-state index contributed by atoms with van der Waals surface area (Å²) in [5.74, 6) is 0.587. The van der Waals surface area contributed by atoms with Crippen molar-refractivity contribution in [1.82, 2.24) is 15.3 Å². The number of aromatic nitrogens is 2. The second-order valence-corrected chi connectivity index (χ2v) is 8.34. The van der Waals surface area contributed by atoms with E-state index in [4.69, 9.17) is 14.7 Å². The van der Waals surface area contributed by atoms with E-state index in [1.807, 2.05) is 47.8 Å². The number of ether oxygens (including phenoxy) is 2. The molecule has 1 aromatic carbocycles. The highest BCUT2D eigenvalue weighted by Crippen LogP contribution is 2.29. The average molecular weight is 420 g/mol. The van der Waals surface area contributed by atoms with E-state index in [0.717, 1.165) is 16.1 Å². The standard InChI is InChI=1S/C22H21N5O2S/c23-10-14-3-1-4-15(9-14)11-25-17-12-28-21-18(13-29-20(17)21)27-22-24-7-6-16(26-22)19-5-2-8-30-19/h1-9,17-18,20-21,25H,11-13H2,(H,24,26,27)/t17-,18+,20-,21+/m1/s1. The molecular formula is C22H21N5O2S. The molecule has 2 N–H and O–H groups in total. The first-order valence-corrected chi connectivity index (χ1v) is 10.8. The minimum Gasteiger partial charge on any atom is -0.371 e. The summed E-state index contributed by atoms with van der Waals surface area (Å²) in [7, 11) is 0. The van der Waals surface area contributed by atoms with Gasteiger partial charge in [0.1, 0.15) is 12.2 Å². The van der Waals surface area contributed by atoms with Gasteiger partial charge in [0.15, 0.2) is 0 Å². The topological polar surface area (TPSA) is 92.1 Å². The minimum atomic E-state index is -0.0538. The first kappa shape index (κ1) is 19.2. The third kappa shape index (κ3) is 3.93. The fraction of sp³-hybridized carbons (Fsp3) is 0.318. The monoisotopic (exact) mass is 419 g/mol. The zero-order valence-electron chi connectivity index (χ0n) is 16.2. The van der Waals surface area contributed by atoms with Crippen LogP contribution in [0.25, 0.3) is 10.6 Å². The lowest BCUT2D eigenvalue weighted by molar-refractivity contribution is 0.0675. The van der Waals surface area contributed by atoms with Crippen LogP contribution in [0.15, 0.2) is 54.0 Å². The quantitative estimate of drug-likeness (QED) is 0.635. The van der Waals surface area contributed by atoms with E-state index in [1.165, 1.54) is 0 Å². The molecule has 5 rings (SSSR count). The molecule has 2 aliphatic rings. The fourth-order valence-electron chi connectivity index (χ4n) is 3.95. The van der Waals surface area contributed by atoms with Crippen LogP contribution in [0.5, 0.6) is 0 Å². The summed E-state index contributed by atoms with van der Waals surface area (Å²) < 4.78 is 12.1. The largest absolute Gasteiger partial charge is 0.371 e. The van der Waals surface area contributed by atoms with Crippen molar-refractivity contribution in [2.24, 2.45) is 0 Å². The highest BCUT2D eigenvalue weighted by Gasteiger charge is 2.47. The van der Waals surface area contributed by atoms with Crippen molar-refractivity contribution in [3.63, 3.8) is 0 Å².